The third-order valence-electron chi connectivity index (χ3n) is 3.44. The molecule has 0 saturated carbocycles. The summed E-state index contributed by atoms with van der Waals surface area (Å²) in [7, 11) is 1.74. The van der Waals surface area contributed by atoms with Crippen molar-refractivity contribution in [3.8, 4) is 0 Å². The zero-order chi connectivity index (χ0) is 15.8. The summed E-state index contributed by atoms with van der Waals surface area (Å²) in [5, 5.41) is 2.59. The van der Waals surface area contributed by atoms with Crippen LogP contribution >= 0.6 is 12.4 Å². The molecule has 22 heavy (non-hydrogen) atoms. The second-order valence-electron chi connectivity index (χ2n) is 5.54. The van der Waals surface area contributed by atoms with Crippen LogP contribution in [0.2, 0.25) is 0 Å². The zero-order valence-corrected chi connectivity index (χ0v) is 14.2. The number of amides is 2. The number of carbonyl (C=O) groups is 2. The summed E-state index contributed by atoms with van der Waals surface area (Å²) in [5.74, 6) is -0.346. The van der Waals surface area contributed by atoms with Crippen molar-refractivity contribution in [2.45, 2.75) is 26.3 Å². The zero-order valence-electron chi connectivity index (χ0n) is 13.4. The Balaban J connectivity index is 0.00000441. The van der Waals surface area contributed by atoms with E-state index >= 15 is 0 Å². The highest BCUT2D eigenvalue weighted by molar-refractivity contribution is 5.87. The van der Waals surface area contributed by atoms with Crippen molar-refractivity contribution in [3.05, 3.63) is 35.9 Å². The molecule has 0 aromatic heterocycles. The quantitative estimate of drug-likeness (QED) is 0.790. The lowest BCUT2D eigenvalue weighted by Crippen LogP contribution is -2.47. The number of hydrogen-bond donors (Lipinski definition) is 2. The summed E-state index contributed by atoms with van der Waals surface area (Å²) in [4.78, 5) is 25.2. The van der Waals surface area contributed by atoms with Crippen molar-refractivity contribution in [1.82, 2.24) is 10.2 Å². The molecule has 0 radical (unpaired) electrons. The lowest BCUT2D eigenvalue weighted by atomic mass is 10.1. The van der Waals surface area contributed by atoms with Gasteiger partial charge in [-0.15, -0.1) is 12.4 Å². The third-order valence-corrected chi connectivity index (χ3v) is 3.44. The Morgan fingerprint density at radius 2 is 1.82 bits per heavy atom. The minimum absolute atomic E-state index is 0. The molecular weight excluding hydrogens is 302 g/mol. The fraction of sp³-hybridized carbons (Fsp3) is 0.500. The van der Waals surface area contributed by atoms with E-state index in [1.807, 2.05) is 44.2 Å². The molecule has 0 bridgehead atoms. The van der Waals surface area contributed by atoms with Crippen molar-refractivity contribution in [2.75, 3.05) is 20.1 Å². The molecule has 0 heterocycles. The number of likely N-dealkylation sites (N-methyl/N-ethyl adjacent to an activating group) is 1. The molecule has 1 atom stereocenters. The summed E-state index contributed by atoms with van der Waals surface area (Å²) in [6.45, 7) is 4.36. The Labute approximate surface area is 138 Å². The van der Waals surface area contributed by atoms with Gasteiger partial charge in [0.2, 0.25) is 11.8 Å². The Hall–Kier alpha value is -1.59. The third kappa shape index (κ3) is 6.91. The highest BCUT2D eigenvalue weighted by Gasteiger charge is 2.18. The smallest absolute Gasteiger partial charge is 0.241 e. The highest BCUT2D eigenvalue weighted by atomic mass is 35.5. The molecule has 3 N–H and O–H groups in total. The number of nitrogens with one attached hydrogen (secondary N) is 1. The molecule has 0 fully saturated rings. The minimum atomic E-state index is -0.576. The van der Waals surface area contributed by atoms with Crippen molar-refractivity contribution in [1.29, 1.82) is 0 Å². The highest BCUT2D eigenvalue weighted by Crippen LogP contribution is 2.01. The van der Waals surface area contributed by atoms with Gasteiger partial charge in [0.1, 0.15) is 0 Å². The summed E-state index contributed by atoms with van der Waals surface area (Å²) in [6.07, 6.45) is 0.794. The van der Waals surface area contributed by atoms with Gasteiger partial charge in [-0.05, 0) is 17.9 Å². The van der Waals surface area contributed by atoms with Gasteiger partial charge in [0, 0.05) is 13.6 Å². The first-order chi connectivity index (χ1) is 9.91. The average Bonchev–Trinajstić information content (AvgIpc) is 2.49. The largest absolute Gasteiger partial charge is 0.346 e. The van der Waals surface area contributed by atoms with E-state index in [2.05, 4.69) is 5.32 Å². The van der Waals surface area contributed by atoms with E-state index in [0.717, 1.165) is 6.42 Å². The second-order valence-corrected chi connectivity index (χ2v) is 5.54. The molecule has 6 heteroatoms. The van der Waals surface area contributed by atoms with Crippen molar-refractivity contribution in [2.24, 2.45) is 11.7 Å². The second kappa shape index (κ2) is 10.2. The molecule has 0 aliphatic rings. The van der Waals surface area contributed by atoms with Crippen LogP contribution in [0.25, 0.3) is 0 Å². The maximum atomic E-state index is 11.9. The van der Waals surface area contributed by atoms with E-state index < -0.39 is 6.04 Å². The molecule has 0 spiro atoms. The van der Waals surface area contributed by atoms with Crippen molar-refractivity contribution < 1.29 is 9.59 Å². The lowest BCUT2D eigenvalue weighted by molar-refractivity contribution is -0.132. The lowest BCUT2D eigenvalue weighted by Gasteiger charge is -2.19. The van der Waals surface area contributed by atoms with Crippen LogP contribution in [0.5, 0.6) is 0 Å². The van der Waals surface area contributed by atoms with Crippen molar-refractivity contribution >= 4 is 24.2 Å². The number of nitrogens with zero attached hydrogens (tertiary/aromatic N) is 1. The summed E-state index contributed by atoms with van der Waals surface area (Å²) < 4.78 is 0. The number of benzene rings is 1. The molecule has 1 aromatic carbocycles. The summed E-state index contributed by atoms with van der Waals surface area (Å²) in [5.41, 5.74) is 6.90. The average molecular weight is 328 g/mol. The normalized spacial score (nSPS) is 11.5. The number of hydrogen-bond acceptors (Lipinski definition) is 3. The Morgan fingerprint density at radius 1 is 1.23 bits per heavy atom. The standard InChI is InChI=1S/C16H25N3O2.ClH/c1-12(2)15(17)16(21)18-11-14(20)19(3)10-9-13-7-5-4-6-8-13;/h4-8,12,15H,9-11,17H2,1-3H3,(H,18,21);1H/t15-;/m0./s1. The molecule has 1 aromatic rings. The first kappa shape index (κ1) is 20.4. The molecule has 0 unspecified atom stereocenters. The summed E-state index contributed by atoms with van der Waals surface area (Å²) in [6, 6.07) is 9.40. The van der Waals surface area contributed by atoms with Crippen molar-refractivity contribution in [3.63, 3.8) is 0 Å². The SMILES string of the molecule is CC(C)[C@H](N)C(=O)NCC(=O)N(C)CCc1ccccc1.Cl. The first-order valence-electron chi connectivity index (χ1n) is 7.23. The molecule has 0 aliphatic heterocycles. The molecule has 0 saturated heterocycles. The molecule has 2 amide bonds. The van der Waals surface area contributed by atoms with Crippen LogP contribution in [0.3, 0.4) is 0 Å². The Bertz CT molecular complexity index is 466. The van der Waals surface area contributed by atoms with Gasteiger partial charge in [0.05, 0.1) is 12.6 Å². The Morgan fingerprint density at radius 3 is 2.36 bits per heavy atom. The van der Waals surface area contributed by atoms with Gasteiger partial charge in [0.15, 0.2) is 0 Å². The Kier molecular flexibility index (Phi) is 9.45. The van der Waals surface area contributed by atoms with Crippen LogP contribution in [-0.4, -0.2) is 42.9 Å². The molecular formula is C16H26ClN3O2. The van der Waals surface area contributed by atoms with Gasteiger partial charge < -0.3 is 16.0 Å². The first-order valence-corrected chi connectivity index (χ1v) is 7.23. The van der Waals surface area contributed by atoms with E-state index in [-0.39, 0.29) is 36.7 Å². The molecule has 124 valence electrons. The predicted molar refractivity (Wildman–Crippen MR) is 90.9 cm³/mol. The van der Waals surface area contributed by atoms with E-state index in [0.29, 0.717) is 6.54 Å². The number of nitrogens with two attached hydrogens (primary N) is 1. The number of halogens is 1. The van der Waals surface area contributed by atoms with Crippen LogP contribution in [0.15, 0.2) is 30.3 Å². The fourth-order valence-corrected chi connectivity index (χ4v) is 1.78. The molecule has 1 rings (SSSR count). The monoisotopic (exact) mass is 327 g/mol. The van der Waals surface area contributed by atoms with Gasteiger partial charge >= 0.3 is 0 Å². The van der Waals surface area contributed by atoms with E-state index in [1.54, 1.807) is 11.9 Å². The number of carbonyl (C=O) groups excluding carboxylic acids is 2. The van der Waals surface area contributed by atoms with Crippen LogP contribution in [0.4, 0.5) is 0 Å². The van der Waals surface area contributed by atoms with E-state index in [9.17, 15) is 9.59 Å². The van der Waals surface area contributed by atoms with Gasteiger partial charge in [0.25, 0.3) is 0 Å². The summed E-state index contributed by atoms with van der Waals surface area (Å²) >= 11 is 0. The van der Waals surface area contributed by atoms with Crippen LogP contribution < -0.4 is 11.1 Å². The predicted octanol–water partition coefficient (Wildman–Crippen LogP) is 1.21. The minimum Gasteiger partial charge on any atom is -0.346 e. The van der Waals surface area contributed by atoms with E-state index in [1.165, 1.54) is 5.56 Å². The fourth-order valence-electron chi connectivity index (χ4n) is 1.78. The van der Waals surface area contributed by atoms with E-state index in [4.69, 9.17) is 5.73 Å². The topological polar surface area (TPSA) is 75.4 Å². The molecule has 5 nitrogen and oxygen atoms in total. The van der Waals surface area contributed by atoms with Crippen LogP contribution in [0.1, 0.15) is 19.4 Å². The maximum absolute atomic E-state index is 11.9. The van der Waals surface area contributed by atoms with Crippen LogP contribution in [-0.2, 0) is 16.0 Å². The number of rotatable bonds is 7. The maximum Gasteiger partial charge on any atom is 0.241 e. The van der Waals surface area contributed by atoms with Gasteiger partial charge in [-0.1, -0.05) is 44.2 Å². The molecule has 0 aliphatic carbocycles. The van der Waals surface area contributed by atoms with Crippen LogP contribution in [0, 0.1) is 5.92 Å². The van der Waals surface area contributed by atoms with Gasteiger partial charge in [-0.2, -0.15) is 0 Å². The van der Waals surface area contributed by atoms with Gasteiger partial charge in [-0.25, -0.2) is 0 Å². The van der Waals surface area contributed by atoms with Gasteiger partial charge in [-0.3, -0.25) is 9.59 Å².